The summed E-state index contributed by atoms with van der Waals surface area (Å²) in [4.78, 5) is 21.9. The Morgan fingerprint density at radius 1 is 1.27 bits per heavy atom. The molecule has 0 aliphatic rings. The van der Waals surface area contributed by atoms with E-state index < -0.39 is 4.92 Å². The highest BCUT2D eigenvalue weighted by molar-refractivity contribution is 14.1. The second-order valence-corrected chi connectivity index (χ2v) is 3.97. The highest BCUT2D eigenvalue weighted by Crippen LogP contribution is 2.22. The van der Waals surface area contributed by atoms with E-state index in [0.717, 1.165) is 0 Å². The van der Waals surface area contributed by atoms with E-state index >= 15 is 0 Å². The Hall–Kier alpha value is -1.44. The van der Waals surface area contributed by atoms with Gasteiger partial charge in [-0.15, -0.1) is 0 Å². The molecule has 0 fully saturated rings. The molecular weight excluding hydrogens is 311 g/mol. The first-order valence-electron chi connectivity index (χ1n) is 4.06. The highest BCUT2D eigenvalue weighted by atomic mass is 127. The van der Waals surface area contributed by atoms with Crippen LogP contribution >= 0.6 is 22.9 Å². The van der Waals surface area contributed by atoms with Gasteiger partial charge in [0.2, 0.25) is 0 Å². The minimum atomic E-state index is -0.487. The van der Waals surface area contributed by atoms with Gasteiger partial charge in [0.25, 0.3) is 11.2 Å². The fourth-order valence-electron chi connectivity index (χ4n) is 1.40. The maximum absolute atomic E-state index is 11.6. The summed E-state index contributed by atoms with van der Waals surface area (Å²) < 4.78 is 1.36. The van der Waals surface area contributed by atoms with Crippen molar-refractivity contribution >= 4 is 39.3 Å². The monoisotopic (exact) mass is 316 g/mol. The number of pyridine rings is 1. The van der Waals surface area contributed by atoms with E-state index in [-0.39, 0.29) is 11.2 Å². The molecule has 0 bridgehead atoms. The van der Waals surface area contributed by atoms with Crippen LogP contribution in [0.1, 0.15) is 0 Å². The lowest BCUT2D eigenvalue weighted by Crippen LogP contribution is -2.11. The van der Waals surface area contributed by atoms with Crippen molar-refractivity contribution in [2.45, 2.75) is 0 Å². The lowest BCUT2D eigenvalue weighted by atomic mass is 10.1. The maximum atomic E-state index is 11.6. The third-order valence-electron chi connectivity index (χ3n) is 2.08. The van der Waals surface area contributed by atoms with Gasteiger partial charge in [0.05, 0.1) is 38.6 Å². The van der Waals surface area contributed by atoms with E-state index in [1.165, 1.54) is 21.1 Å². The molecule has 76 valence electrons. The van der Waals surface area contributed by atoms with E-state index in [2.05, 4.69) is 0 Å². The van der Waals surface area contributed by atoms with Crippen LogP contribution in [-0.4, -0.2) is 7.70 Å². The lowest BCUT2D eigenvalue weighted by molar-refractivity contribution is -0.383. The summed E-state index contributed by atoms with van der Waals surface area (Å²) in [7, 11) is 0. The summed E-state index contributed by atoms with van der Waals surface area (Å²) >= 11 is 1.84. The second kappa shape index (κ2) is 3.61. The summed E-state index contributed by atoms with van der Waals surface area (Å²) in [6.45, 7) is 0. The Bertz CT molecular complexity index is 606. The second-order valence-electron chi connectivity index (χ2n) is 2.93. The highest BCUT2D eigenvalue weighted by Gasteiger charge is 2.12. The first kappa shape index (κ1) is 10.1. The number of hydrogen-bond donors (Lipinski definition) is 0. The third-order valence-corrected chi connectivity index (χ3v) is 2.84. The SMILES string of the molecule is O=c1c2cccc([N+](=O)[O-])c2ccn1I. The van der Waals surface area contributed by atoms with Gasteiger partial charge in [0.1, 0.15) is 0 Å². The van der Waals surface area contributed by atoms with Gasteiger partial charge in [-0.1, -0.05) is 6.07 Å². The smallest absolute Gasteiger partial charge is 0.268 e. The molecule has 0 unspecified atom stereocenters. The number of fused-ring (bicyclic) bond motifs is 1. The number of nitrogens with zero attached hydrogens (tertiary/aromatic N) is 2. The van der Waals surface area contributed by atoms with E-state index in [1.54, 1.807) is 12.1 Å². The van der Waals surface area contributed by atoms with Crippen molar-refractivity contribution in [3.8, 4) is 0 Å². The van der Waals surface area contributed by atoms with E-state index in [9.17, 15) is 14.9 Å². The van der Waals surface area contributed by atoms with Crippen LogP contribution in [0.25, 0.3) is 10.8 Å². The first-order valence-corrected chi connectivity index (χ1v) is 5.02. The fourth-order valence-corrected chi connectivity index (χ4v) is 1.82. The van der Waals surface area contributed by atoms with Gasteiger partial charge in [-0.05, 0) is 12.1 Å². The predicted octanol–water partition coefficient (Wildman–Crippen LogP) is 2.11. The number of non-ortho nitro benzene ring substituents is 1. The van der Waals surface area contributed by atoms with Crippen molar-refractivity contribution in [1.82, 2.24) is 2.78 Å². The molecule has 0 radical (unpaired) electrons. The van der Waals surface area contributed by atoms with Crippen LogP contribution < -0.4 is 5.56 Å². The Labute approximate surface area is 98.0 Å². The molecule has 1 aromatic heterocycles. The summed E-state index contributed by atoms with van der Waals surface area (Å²) in [5.74, 6) is 0. The average Bonchev–Trinajstić information content (AvgIpc) is 2.23. The Morgan fingerprint density at radius 3 is 2.67 bits per heavy atom. The summed E-state index contributed by atoms with van der Waals surface area (Å²) in [5, 5.41) is 11.4. The number of nitro groups is 1. The fraction of sp³-hybridized carbons (Fsp3) is 0. The molecule has 5 nitrogen and oxygen atoms in total. The zero-order valence-corrected chi connectivity index (χ0v) is 9.54. The van der Waals surface area contributed by atoms with Crippen LogP contribution in [0.5, 0.6) is 0 Å². The Kier molecular flexibility index (Phi) is 2.43. The molecule has 2 aromatic rings. The van der Waals surface area contributed by atoms with Gasteiger partial charge in [-0.2, -0.15) is 0 Å². The van der Waals surface area contributed by atoms with Gasteiger partial charge < -0.3 is 0 Å². The zero-order valence-electron chi connectivity index (χ0n) is 7.38. The van der Waals surface area contributed by atoms with Crippen molar-refractivity contribution in [1.29, 1.82) is 0 Å². The van der Waals surface area contributed by atoms with Crippen molar-refractivity contribution < 1.29 is 4.92 Å². The molecule has 0 saturated heterocycles. The summed E-state index contributed by atoms with van der Waals surface area (Å²) in [6.07, 6.45) is 1.51. The number of nitro benzene ring substituents is 1. The topological polar surface area (TPSA) is 65.1 Å². The molecule has 2 rings (SSSR count). The molecule has 0 spiro atoms. The van der Waals surface area contributed by atoms with Gasteiger partial charge in [-0.3, -0.25) is 17.7 Å². The Morgan fingerprint density at radius 2 is 2.00 bits per heavy atom. The van der Waals surface area contributed by atoms with Crippen molar-refractivity contribution in [3.63, 3.8) is 0 Å². The minimum Gasteiger partial charge on any atom is -0.268 e. The lowest BCUT2D eigenvalue weighted by Gasteiger charge is -1.99. The van der Waals surface area contributed by atoms with Crippen LogP contribution in [0, 0.1) is 10.1 Å². The van der Waals surface area contributed by atoms with Crippen molar-refractivity contribution in [3.05, 3.63) is 50.9 Å². The summed E-state index contributed by atoms with van der Waals surface area (Å²) in [6, 6.07) is 6.05. The molecule has 0 saturated carbocycles. The van der Waals surface area contributed by atoms with Gasteiger partial charge in [-0.25, -0.2) is 0 Å². The quantitative estimate of drug-likeness (QED) is 0.460. The zero-order chi connectivity index (χ0) is 11.0. The molecule has 0 aliphatic carbocycles. The van der Waals surface area contributed by atoms with Crippen molar-refractivity contribution in [2.24, 2.45) is 0 Å². The standard InChI is InChI=1S/C9H5IN2O3/c10-11-5-4-6-7(9(11)13)2-1-3-8(6)12(14)15/h1-5H. The molecule has 1 aromatic carbocycles. The average molecular weight is 316 g/mol. The molecule has 6 heteroatoms. The normalized spacial score (nSPS) is 10.5. The van der Waals surface area contributed by atoms with Crippen LogP contribution in [0.3, 0.4) is 0 Å². The molecule has 15 heavy (non-hydrogen) atoms. The maximum Gasteiger partial charge on any atom is 0.277 e. The van der Waals surface area contributed by atoms with Crippen LogP contribution in [0.4, 0.5) is 5.69 Å². The van der Waals surface area contributed by atoms with E-state index in [1.807, 2.05) is 22.9 Å². The molecular formula is C9H5IN2O3. The largest absolute Gasteiger partial charge is 0.277 e. The van der Waals surface area contributed by atoms with Crippen LogP contribution in [-0.2, 0) is 0 Å². The number of benzene rings is 1. The molecule has 0 amide bonds. The van der Waals surface area contributed by atoms with Gasteiger partial charge >= 0.3 is 0 Å². The number of rotatable bonds is 1. The van der Waals surface area contributed by atoms with Gasteiger partial charge in [0.15, 0.2) is 0 Å². The number of aromatic nitrogens is 1. The molecule has 0 N–H and O–H groups in total. The number of halogens is 1. The third kappa shape index (κ3) is 1.60. The van der Waals surface area contributed by atoms with Crippen molar-refractivity contribution in [2.75, 3.05) is 0 Å². The molecule has 0 aliphatic heterocycles. The summed E-state index contributed by atoms with van der Waals surface area (Å²) in [5.41, 5.74) is -0.279. The predicted molar refractivity (Wildman–Crippen MR) is 64.3 cm³/mol. The van der Waals surface area contributed by atoms with Gasteiger partial charge in [0, 0.05) is 12.3 Å². The van der Waals surface area contributed by atoms with Crippen LogP contribution in [0.15, 0.2) is 35.3 Å². The Balaban J connectivity index is 2.96. The van der Waals surface area contributed by atoms with Crippen LogP contribution in [0.2, 0.25) is 0 Å². The first-order chi connectivity index (χ1) is 7.11. The van der Waals surface area contributed by atoms with E-state index in [4.69, 9.17) is 0 Å². The molecule has 0 atom stereocenters. The van der Waals surface area contributed by atoms with E-state index in [0.29, 0.717) is 10.8 Å². The number of hydrogen-bond acceptors (Lipinski definition) is 3. The minimum absolute atomic E-state index is 0.0402. The molecule has 1 heterocycles.